The first kappa shape index (κ1) is 24.0. The number of fused-ring (bicyclic) bond motifs is 1. The van der Waals surface area contributed by atoms with Crippen LogP contribution < -0.4 is 10.6 Å². The first-order valence-electron chi connectivity index (χ1n) is 12.6. The predicted octanol–water partition coefficient (Wildman–Crippen LogP) is 5.40. The highest BCUT2D eigenvalue weighted by molar-refractivity contribution is 7.92. The summed E-state index contributed by atoms with van der Waals surface area (Å²) in [7, 11) is -2.39. The summed E-state index contributed by atoms with van der Waals surface area (Å²) in [5.74, 6) is 1.61. The van der Waals surface area contributed by atoms with Crippen molar-refractivity contribution >= 4 is 38.2 Å². The van der Waals surface area contributed by atoms with Gasteiger partial charge in [0.1, 0.15) is 5.82 Å². The lowest BCUT2D eigenvalue weighted by molar-refractivity contribution is 0.460. The third-order valence-corrected chi connectivity index (χ3v) is 7.51. The molecule has 0 atom stereocenters. The van der Waals surface area contributed by atoms with E-state index in [1.165, 1.54) is 11.8 Å². The summed E-state index contributed by atoms with van der Waals surface area (Å²) in [5, 5.41) is 7.04. The van der Waals surface area contributed by atoms with Crippen LogP contribution in [-0.2, 0) is 9.73 Å². The lowest BCUT2D eigenvalue weighted by Crippen LogP contribution is -2.26. The number of hydrogen-bond donors (Lipinski definition) is 2. The number of rotatable bonds is 6. The molecule has 8 nitrogen and oxygen atoms in total. The molecule has 1 saturated carbocycles. The van der Waals surface area contributed by atoms with Gasteiger partial charge in [0.25, 0.3) is 0 Å². The lowest BCUT2D eigenvalue weighted by atomic mass is 9.90. The van der Waals surface area contributed by atoms with Crippen LogP contribution in [0.2, 0.25) is 0 Å². The summed E-state index contributed by atoms with van der Waals surface area (Å²) in [6.45, 7) is 2.11. The van der Waals surface area contributed by atoms with Crippen molar-refractivity contribution in [3.63, 3.8) is 0 Å². The summed E-state index contributed by atoms with van der Waals surface area (Å²) < 4.78 is 33.8. The van der Waals surface area contributed by atoms with Crippen LogP contribution in [0.3, 0.4) is 0 Å². The molecule has 1 aromatic carbocycles. The second-order valence-electron chi connectivity index (χ2n) is 10.1. The van der Waals surface area contributed by atoms with Crippen molar-refractivity contribution in [1.29, 1.82) is 0 Å². The fourth-order valence-electron chi connectivity index (χ4n) is 4.99. The summed E-state index contributed by atoms with van der Waals surface area (Å²) in [6, 6.07) is 13.7. The molecular formula is C27H30FN7OS. The number of nitrogens with one attached hydrogen (secondary N) is 2. The highest BCUT2D eigenvalue weighted by atomic mass is 32.2. The van der Waals surface area contributed by atoms with E-state index in [2.05, 4.69) is 37.1 Å². The van der Waals surface area contributed by atoms with E-state index in [4.69, 9.17) is 4.98 Å². The fourth-order valence-corrected chi connectivity index (χ4v) is 5.55. The van der Waals surface area contributed by atoms with Gasteiger partial charge in [-0.05, 0) is 74.5 Å². The van der Waals surface area contributed by atoms with Crippen LogP contribution in [-0.4, -0.2) is 49.3 Å². The van der Waals surface area contributed by atoms with Crippen LogP contribution in [0.4, 0.5) is 21.8 Å². The van der Waals surface area contributed by atoms with E-state index in [0.717, 1.165) is 44.5 Å². The van der Waals surface area contributed by atoms with Gasteiger partial charge in [-0.2, -0.15) is 9.35 Å². The zero-order valence-electron chi connectivity index (χ0n) is 20.9. The second-order valence-corrected chi connectivity index (χ2v) is 12.7. The SMILES string of the molecule is CS(C)(=O)=Nc1cccc(-n2c(C3CC3)c(F)c3cnc(Nc4ccc(C5CCNCC5)cc4)nc32)n1. The Bertz CT molecular complexity index is 1570. The molecule has 1 saturated heterocycles. The minimum absolute atomic E-state index is 0.108. The molecule has 2 aliphatic rings. The van der Waals surface area contributed by atoms with Crippen LogP contribution >= 0.6 is 0 Å². The highest BCUT2D eigenvalue weighted by Crippen LogP contribution is 2.45. The smallest absolute Gasteiger partial charge is 0.229 e. The zero-order valence-corrected chi connectivity index (χ0v) is 21.8. The molecule has 4 aromatic rings. The van der Waals surface area contributed by atoms with Gasteiger partial charge in [0.15, 0.2) is 17.3 Å². The molecule has 1 aliphatic carbocycles. The summed E-state index contributed by atoms with van der Waals surface area (Å²) >= 11 is 0. The van der Waals surface area contributed by atoms with Gasteiger partial charge in [-0.3, -0.25) is 4.57 Å². The monoisotopic (exact) mass is 519 g/mol. The number of nitrogens with zero attached hydrogens (tertiary/aromatic N) is 5. The molecule has 1 aliphatic heterocycles. The minimum Gasteiger partial charge on any atom is -0.324 e. The van der Waals surface area contributed by atoms with Crippen LogP contribution in [0.15, 0.2) is 53.0 Å². The van der Waals surface area contributed by atoms with Gasteiger partial charge < -0.3 is 10.6 Å². The highest BCUT2D eigenvalue weighted by Gasteiger charge is 2.34. The van der Waals surface area contributed by atoms with Crippen LogP contribution in [0.25, 0.3) is 16.9 Å². The number of pyridine rings is 1. The van der Waals surface area contributed by atoms with Gasteiger partial charge >= 0.3 is 0 Å². The van der Waals surface area contributed by atoms with E-state index >= 15 is 4.39 Å². The van der Waals surface area contributed by atoms with Crippen molar-refractivity contribution in [2.24, 2.45) is 4.36 Å². The average Bonchev–Trinajstić information content (AvgIpc) is 3.68. The molecule has 0 radical (unpaired) electrons. The fraction of sp³-hybridized carbons (Fsp3) is 0.370. The van der Waals surface area contributed by atoms with E-state index in [1.807, 2.05) is 12.1 Å². The minimum atomic E-state index is -2.39. The molecule has 0 amide bonds. The van der Waals surface area contributed by atoms with Crippen molar-refractivity contribution in [2.75, 3.05) is 30.9 Å². The van der Waals surface area contributed by atoms with Crippen molar-refractivity contribution in [1.82, 2.24) is 24.8 Å². The Morgan fingerprint density at radius 1 is 1.03 bits per heavy atom. The van der Waals surface area contributed by atoms with Crippen molar-refractivity contribution in [3.8, 4) is 5.82 Å². The molecule has 2 N–H and O–H groups in total. The third-order valence-electron chi connectivity index (χ3n) is 6.89. The Kier molecular flexibility index (Phi) is 6.16. The third kappa shape index (κ3) is 5.08. The molecular weight excluding hydrogens is 489 g/mol. The molecule has 2 fully saturated rings. The summed E-state index contributed by atoms with van der Waals surface area (Å²) in [5.41, 5.74) is 3.22. The van der Waals surface area contributed by atoms with E-state index < -0.39 is 9.73 Å². The molecule has 0 bridgehead atoms. The number of aromatic nitrogens is 4. The summed E-state index contributed by atoms with van der Waals surface area (Å²) in [4.78, 5) is 13.7. The standard InChI is InChI=1S/C27H30FN7OS/c1-37(2,36)34-22-4-3-5-23(32-22)35-25(19-6-7-19)24(28)21-16-30-27(33-26(21)35)31-20-10-8-17(9-11-20)18-12-14-29-15-13-18/h3-5,8-11,16,18-19,29H,6-7,12-15H2,1-2H3,(H,30,31,33). The zero-order chi connectivity index (χ0) is 25.6. The Morgan fingerprint density at radius 2 is 1.78 bits per heavy atom. The lowest BCUT2D eigenvalue weighted by Gasteiger charge is -2.23. The molecule has 0 unspecified atom stereocenters. The van der Waals surface area contributed by atoms with Gasteiger partial charge in [-0.15, -0.1) is 0 Å². The predicted molar refractivity (Wildman–Crippen MR) is 145 cm³/mol. The topological polar surface area (TPSA) is 97.1 Å². The van der Waals surface area contributed by atoms with E-state index in [9.17, 15) is 4.21 Å². The van der Waals surface area contributed by atoms with E-state index in [1.54, 1.807) is 35.3 Å². The first-order chi connectivity index (χ1) is 17.9. The number of benzene rings is 1. The maximum Gasteiger partial charge on any atom is 0.229 e. The first-order valence-corrected chi connectivity index (χ1v) is 15.0. The number of piperidine rings is 1. The van der Waals surface area contributed by atoms with Gasteiger partial charge in [0.05, 0.1) is 11.1 Å². The molecule has 3 aromatic heterocycles. The molecule has 192 valence electrons. The van der Waals surface area contributed by atoms with Crippen LogP contribution in [0.1, 0.15) is 48.8 Å². The molecule has 6 rings (SSSR count). The average molecular weight is 520 g/mol. The maximum absolute atomic E-state index is 15.6. The Morgan fingerprint density at radius 3 is 2.49 bits per heavy atom. The van der Waals surface area contributed by atoms with Gasteiger partial charge in [0, 0.05) is 40.0 Å². The van der Waals surface area contributed by atoms with E-state index in [-0.39, 0.29) is 11.7 Å². The van der Waals surface area contributed by atoms with Gasteiger partial charge in [-0.1, -0.05) is 18.2 Å². The Hall–Kier alpha value is -3.37. The van der Waals surface area contributed by atoms with Crippen molar-refractivity contribution in [2.45, 2.75) is 37.5 Å². The number of halogens is 1. The molecule has 0 spiro atoms. The van der Waals surface area contributed by atoms with Crippen molar-refractivity contribution in [3.05, 3.63) is 65.7 Å². The van der Waals surface area contributed by atoms with Crippen LogP contribution in [0.5, 0.6) is 0 Å². The Balaban J connectivity index is 1.37. The maximum atomic E-state index is 15.6. The number of hydrogen-bond acceptors (Lipinski definition) is 7. The molecule has 10 heteroatoms. The molecule has 4 heterocycles. The van der Waals surface area contributed by atoms with E-state index in [0.29, 0.717) is 40.2 Å². The number of anilines is 2. The summed E-state index contributed by atoms with van der Waals surface area (Å²) in [6.07, 6.45) is 8.78. The quantitative estimate of drug-likeness (QED) is 0.354. The largest absolute Gasteiger partial charge is 0.324 e. The second kappa shape index (κ2) is 9.50. The normalized spacial score (nSPS) is 16.7. The molecule has 37 heavy (non-hydrogen) atoms. The van der Waals surface area contributed by atoms with Gasteiger partial charge in [-0.25, -0.2) is 18.6 Å². The van der Waals surface area contributed by atoms with Gasteiger partial charge in [0.2, 0.25) is 5.95 Å². The van der Waals surface area contributed by atoms with Crippen LogP contribution in [0, 0.1) is 5.82 Å². The Labute approximate surface area is 215 Å². The van der Waals surface area contributed by atoms with Crippen molar-refractivity contribution < 1.29 is 8.60 Å².